The maximum atomic E-state index is 12.4. The summed E-state index contributed by atoms with van der Waals surface area (Å²) in [6, 6.07) is 0. The Kier molecular flexibility index (Phi) is 5.08. The van der Waals surface area contributed by atoms with E-state index in [-0.39, 0.29) is 29.4 Å². The Morgan fingerprint density at radius 1 is 1.05 bits per heavy atom. The first-order valence-electron chi connectivity index (χ1n) is 7.34. The highest BCUT2D eigenvalue weighted by atomic mass is 32.2. The van der Waals surface area contributed by atoms with E-state index in [4.69, 9.17) is 4.74 Å². The van der Waals surface area contributed by atoms with Gasteiger partial charge in [0, 0.05) is 32.1 Å². The van der Waals surface area contributed by atoms with Gasteiger partial charge in [-0.15, -0.1) is 0 Å². The van der Waals surface area contributed by atoms with E-state index in [1.807, 2.05) is 0 Å². The normalized spacial score (nSPS) is 22.9. The topological polar surface area (TPSA) is 84.0 Å². The molecule has 0 atom stereocenters. The van der Waals surface area contributed by atoms with Crippen LogP contribution in [0.1, 0.15) is 19.8 Å². The molecule has 2 saturated heterocycles. The molecule has 0 spiro atoms. The number of hydrogen-bond donors (Lipinski definition) is 0. The quantitative estimate of drug-likeness (QED) is 0.721. The van der Waals surface area contributed by atoms with Gasteiger partial charge in [0.05, 0.1) is 18.1 Å². The van der Waals surface area contributed by atoms with Crippen molar-refractivity contribution in [1.82, 2.24) is 9.80 Å². The molecule has 0 aromatic heterocycles. The van der Waals surface area contributed by atoms with Crippen molar-refractivity contribution in [3.05, 3.63) is 0 Å². The number of amides is 2. The number of rotatable bonds is 2. The molecule has 8 heteroatoms. The lowest BCUT2D eigenvalue weighted by Crippen LogP contribution is -2.52. The molecular formula is C13H22N2O5S. The van der Waals surface area contributed by atoms with Gasteiger partial charge in [0.15, 0.2) is 0 Å². The highest BCUT2D eigenvalue weighted by molar-refractivity contribution is 7.91. The maximum absolute atomic E-state index is 12.4. The van der Waals surface area contributed by atoms with Crippen LogP contribution in [0.3, 0.4) is 0 Å². The number of ether oxygens (including phenoxy) is 1. The average Bonchev–Trinajstić information content (AvgIpc) is 2.47. The summed E-state index contributed by atoms with van der Waals surface area (Å²) in [4.78, 5) is 27.3. The number of hydrogen-bond acceptors (Lipinski definition) is 5. The second-order valence-corrected chi connectivity index (χ2v) is 7.74. The first kappa shape index (κ1) is 16.1. The van der Waals surface area contributed by atoms with Gasteiger partial charge < -0.3 is 14.5 Å². The predicted octanol–water partition coefficient (Wildman–Crippen LogP) is 0.112. The molecule has 0 saturated carbocycles. The fourth-order valence-electron chi connectivity index (χ4n) is 2.72. The largest absolute Gasteiger partial charge is 0.450 e. The predicted molar refractivity (Wildman–Crippen MR) is 76.6 cm³/mol. The van der Waals surface area contributed by atoms with Gasteiger partial charge in [-0.3, -0.25) is 4.79 Å². The fourth-order valence-corrected chi connectivity index (χ4v) is 4.21. The van der Waals surface area contributed by atoms with Gasteiger partial charge >= 0.3 is 6.09 Å². The molecule has 120 valence electrons. The summed E-state index contributed by atoms with van der Waals surface area (Å²) in [7, 11) is -2.95. The molecule has 0 radical (unpaired) electrons. The van der Waals surface area contributed by atoms with Crippen LogP contribution in [0, 0.1) is 5.92 Å². The summed E-state index contributed by atoms with van der Waals surface area (Å²) in [6.07, 6.45) is 0.492. The van der Waals surface area contributed by atoms with Gasteiger partial charge in [0.25, 0.3) is 0 Å². The third kappa shape index (κ3) is 4.09. The van der Waals surface area contributed by atoms with Gasteiger partial charge in [0.2, 0.25) is 5.91 Å². The summed E-state index contributed by atoms with van der Waals surface area (Å²) < 4.78 is 27.7. The molecule has 2 amide bonds. The standard InChI is InChI=1S/C13H22N2O5S/c1-2-20-13(17)15-7-5-14(6-8-15)12(16)11-3-9-21(18,19)10-4-11/h11H,2-10H2,1H3. The van der Waals surface area contributed by atoms with Crippen LogP contribution in [0.15, 0.2) is 0 Å². The van der Waals surface area contributed by atoms with Crippen molar-refractivity contribution in [3.8, 4) is 0 Å². The molecule has 0 aromatic rings. The van der Waals surface area contributed by atoms with E-state index in [2.05, 4.69) is 0 Å². The highest BCUT2D eigenvalue weighted by Gasteiger charge is 2.33. The number of carbonyl (C=O) groups is 2. The number of sulfone groups is 1. The van der Waals surface area contributed by atoms with Crippen molar-refractivity contribution >= 4 is 21.8 Å². The van der Waals surface area contributed by atoms with Gasteiger partial charge in [-0.05, 0) is 19.8 Å². The summed E-state index contributed by atoms with van der Waals surface area (Å²) in [6.45, 7) is 4.01. The number of nitrogens with zero attached hydrogens (tertiary/aromatic N) is 2. The van der Waals surface area contributed by atoms with Gasteiger partial charge in [-0.2, -0.15) is 0 Å². The van der Waals surface area contributed by atoms with Crippen LogP contribution < -0.4 is 0 Å². The minimum Gasteiger partial charge on any atom is -0.450 e. The van der Waals surface area contributed by atoms with Crippen molar-refractivity contribution < 1.29 is 22.7 Å². The minimum atomic E-state index is -2.95. The van der Waals surface area contributed by atoms with E-state index in [1.54, 1.807) is 16.7 Å². The molecule has 0 bridgehead atoms. The summed E-state index contributed by atoms with van der Waals surface area (Å²) in [5.74, 6) is 0.0364. The first-order chi connectivity index (χ1) is 9.93. The monoisotopic (exact) mass is 318 g/mol. The van der Waals surface area contributed by atoms with E-state index >= 15 is 0 Å². The van der Waals surface area contributed by atoms with Crippen LogP contribution in [-0.2, 0) is 19.4 Å². The van der Waals surface area contributed by atoms with Crippen LogP contribution in [0.2, 0.25) is 0 Å². The second kappa shape index (κ2) is 6.64. The smallest absolute Gasteiger partial charge is 0.409 e. The molecule has 0 unspecified atom stereocenters. The molecular weight excluding hydrogens is 296 g/mol. The maximum Gasteiger partial charge on any atom is 0.409 e. The van der Waals surface area contributed by atoms with E-state index in [0.717, 1.165) is 0 Å². The zero-order chi connectivity index (χ0) is 15.5. The minimum absolute atomic E-state index is 0.0217. The number of carbonyl (C=O) groups excluding carboxylic acids is 2. The molecule has 2 aliphatic heterocycles. The van der Waals surface area contributed by atoms with Crippen LogP contribution in [0.5, 0.6) is 0 Å². The van der Waals surface area contributed by atoms with Gasteiger partial charge in [-0.25, -0.2) is 13.2 Å². The van der Waals surface area contributed by atoms with Crippen molar-refractivity contribution in [2.45, 2.75) is 19.8 Å². The lowest BCUT2D eigenvalue weighted by Gasteiger charge is -2.36. The lowest BCUT2D eigenvalue weighted by atomic mass is 10.0. The molecule has 2 rings (SSSR count). The number of piperazine rings is 1. The Morgan fingerprint density at radius 3 is 2.10 bits per heavy atom. The average molecular weight is 318 g/mol. The Morgan fingerprint density at radius 2 is 1.57 bits per heavy atom. The van der Waals surface area contributed by atoms with Crippen LogP contribution >= 0.6 is 0 Å². The van der Waals surface area contributed by atoms with E-state index < -0.39 is 9.84 Å². The summed E-state index contributed by atoms with van der Waals surface area (Å²) >= 11 is 0. The van der Waals surface area contributed by atoms with Gasteiger partial charge in [-0.1, -0.05) is 0 Å². The Labute approximate surface area is 125 Å². The molecule has 2 heterocycles. The SMILES string of the molecule is CCOC(=O)N1CCN(C(=O)C2CCS(=O)(=O)CC2)CC1. The Balaban J connectivity index is 1.82. The van der Waals surface area contributed by atoms with E-state index in [1.165, 1.54) is 0 Å². The Bertz CT molecular complexity index is 483. The van der Waals surface area contributed by atoms with Crippen molar-refractivity contribution in [2.75, 3.05) is 44.3 Å². The molecule has 2 aliphatic rings. The van der Waals surface area contributed by atoms with Crippen molar-refractivity contribution in [1.29, 1.82) is 0 Å². The summed E-state index contributed by atoms with van der Waals surface area (Å²) in [5.41, 5.74) is 0. The molecule has 2 fully saturated rings. The second-order valence-electron chi connectivity index (χ2n) is 5.44. The summed E-state index contributed by atoms with van der Waals surface area (Å²) in [5, 5.41) is 0. The zero-order valence-corrected chi connectivity index (χ0v) is 13.1. The third-order valence-electron chi connectivity index (χ3n) is 4.02. The highest BCUT2D eigenvalue weighted by Crippen LogP contribution is 2.21. The van der Waals surface area contributed by atoms with E-state index in [0.29, 0.717) is 45.6 Å². The van der Waals surface area contributed by atoms with E-state index in [9.17, 15) is 18.0 Å². The first-order valence-corrected chi connectivity index (χ1v) is 9.16. The van der Waals surface area contributed by atoms with Crippen LogP contribution in [0.25, 0.3) is 0 Å². The van der Waals surface area contributed by atoms with Crippen molar-refractivity contribution in [2.24, 2.45) is 5.92 Å². The molecule has 21 heavy (non-hydrogen) atoms. The third-order valence-corrected chi connectivity index (χ3v) is 5.74. The zero-order valence-electron chi connectivity index (χ0n) is 12.3. The lowest BCUT2D eigenvalue weighted by molar-refractivity contribution is -0.137. The molecule has 7 nitrogen and oxygen atoms in total. The molecule has 0 aromatic carbocycles. The fraction of sp³-hybridized carbons (Fsp3) is 0.846. The van der Waals surface area contributed by atoms with Crippen LogP contribution in [0.4, 0.5) is 4.79 Å². The van der Waals surface area contributed by atoms with Gasteiger partial charge in [0.1, 0.15) is 9.84 Å². The van der Waals surface area contributed by atoms with Crippen molar-refractivity contribution in [3.63, 3.8) is 0 Å². The molecule has 0 N–H and O–H groups in total. The van der Waals surface area contributed by atoms with Crippen LogP contribution in [-0.4, -0.2) is 74.5 Å². The Hall–Kier alpha value is -1.31. The molecule has 0 aliphatic carbocycles.